The lowest BCUT2D eigenvalue weighted by atomic mass is 9.86. The summed E-state index contributed by atoms with van der Waals surface area (Å²) >= 11 is 0. The third-order valence-electron chi connectivity index (χ3n) is 6.30. The number of rotatable bonds is 6. The molecule has 0 aliphatic heterocycles. The average Bonchev–Trinajstić information content (AvgIpc) is 3.02. The van der Waals surface area contributed by atoms with Crippen molar-refractivity contribution in [2.24, 2.45) is 0 Å². The van der Waals surface area contributed by atoms with Gasteiger partial charge in [-0.2, -0.15) is 0 Å². The quantitative estimate of drug-likeness (QED) is 0.326. The molecule has 0 N–H and O–H groups in total. The second kappa shape index (κ2) is 9.68. The summed E-state index contributed by atoms with van der Waals surface area (Å²) in [7, 11) is 0. The van der Waals surface area contributed by atoms with Gasteiger partial charge in [0.1, 0.15) is 12.4 Å². The molecule has 1 heterocycles. The number of hydrogen-bond donors (Lipinski definition) is 0. The normalized spacial score (nSPS) is 13.8. The molecule has 2 aromatic carbocycles. The van der Waals surface area contributed by atoms with Crippen LogP contribution in [-0.4, -0.2) is 10.8 Å². The van der Waals surface area contributed by atoms with Gasteiger partial charge in [-0.15, -0.1) is 0 Å². The third kappa shape index (κ3) is 5.45. The van der Waals surface area contributed by atoms with E-state index < -0.39 is 0 Å². The number of fused-ring (bicyclic) bond motifs is 1. The number of ether oxygens (including phenoxy) is 1. The van der Waals surface area contributed by atoms with Crippen molar-refractivity contribution in [3.8, 4) is 5.75 Å². The molecular formula is C29H33NO2. The average molecular weight is 428 g/mol. The van der Waals surface area contributed by atoms with E-state index in [9.17, 15) is 4.79 Å². The predicted molar refractivity (Wildman–Crippen MR) is 129 cm³/mol. The molecule has 32 heavy (non-hydrogen) atoms. The van der Waals surface area contributed by atoms with Gasteiger partial charge in [0.25, 0.3) is 0 Å². The molecule has 4 rings (SSSR count). The van der Waals surface area contributed by atoms with E-state index in [0.717, 1.165) is 35.4 Å². The van der Waals surface area contributed by atoms with Gasteiger partial charge in [0.05, 0.1) is 5.69 Å². The monoisotopic (exact) mass is 427 g/mol. The summed E-state index contributed by atoms with van der Waals surface area (Å²) < 4.78 is 6.22. The Hall–Kier alpha value is -2.94. The molecule has 1 aliphatic rings. The molecular weight excluding hydrogens is 394 g/mol. The van der Waals surface area contributed by atoms with Crippen molar-refractivity contribution in [3.63, 3.8) is 0 Å². The second-order valence-electron chi connectivity index (χ2n) is 9.83. The van der Waals surface area contributed by atoms with Gasteiger partial charge in [0.2, 0.25) is 0 Å². The van der Waals surface area contributed by atoms with Crippen LogP contribution in [0.15, 0.2) is 60.8 Å². The number of Topliss-reactive ketones (excluding diaryl/α,β-unsaturated/α-hetero) is 1. The number of benzene rings is 2. The highest BCUT2D eigenvalue weighted by atomic mass is 16.5. The van der Waals surface area contributed by atoms with Crippen LogP contribution in [0, 0.1) is 0 Å². The van der Waals surface area contributed by atoms with Crippen molar-refractivity contribution in [2.75, 3.05) is 0 Å². The number of hydrogen-bond acceptors (Lipinski definition) is 3. The zero-order valence-corrected chi connectivity index (χ0v) is 19.5. The second-order valence-corrected chi connectivity index (χ2v) is 9.83. The molecule has 0 radical (unpaired) electrons. The largest absolute Gasteiger partial charge is 0.487 e. The molecule has 166 valence electrons. The first kappa shape index (κ1) is 22.3. The highest BCUT2D eigenvalue weighted by Crippen LogP contribution is 2.31. The zero-order chi connectivity index (χ0) is 22.6. The summed E-state index contributed by atoms with van der Waals surface area (Å²) in [6.07, 6.45) is 7.97. The molecule has 0 saturated heterocycles. The Bertz CT molecular complexity index is 1060. The standard InChI is InChI=1S/C29H33NO2/c1-29(2,3)25-14-12-21(13-15-25)27(31)18-24-17-22-9-5-4-6-10-23(22)19-28(24)32-20-26-11-7-8-16-30-26/h7-8,11-17,19H,4-6,9-10,18,20H2,1-3H3. The van der Waals surface area contributed by atoms with Gasteiger partial charge >= 0.3 is 0 Å². The topological polar surface area (TPSA) is 39.2 Å². The Balaban J connectivity index is 1.59. The zero-order valence-electron chi connectivity index (χ0n) is 19.5. The first-order valence-corrected chi connectivity index (χ1v) is 11.7. The Labute approximate surface area is 191 Å². The lowest BCUT2D eigenvalue weighted by molar-refractivity contribution is 0.0991. The van der Waals surface area contributed by atoms with Gasteiger partial charge in [-0.05, 0) is 66.0 Å². The molecule has 0 saturated carbocycles. The molecule has 0 bridgehead atoms. The molecule has 3 nitrogen and oxygen atoms in total. The van der Waals surface area contributed by atoms with E-state index in [2.05, 4.69) is 50.0 Å². The number of aryl methyl sites for hydroxylation is 2. The summed E-state index contributed by atoms with van der Waals surface area (Å²) in [5.41, 5.74) is 6.67. The summed E-state index contributed by atoms with van der Waals surface area (Å²) in [4.78, 5) is 17.5. The number of aromatic nitrogens is 1. The van der Waals surface area contributed by atoms with Crippen molar-refractivity contribution in [3.05, 3.63) is 94.3 Å². The van der Waals surface area contributed by atoms with Crippen molar-refractivity contribution >= 4 is 5.78 Å². The number of carbonyl (C=O) groups excluding carboxylic acids is 1. The molecule has 0 atom stereocenters. The molecule has 3 heteroatoms. The van der Waals surface area contributed by atoms with E-state index in [-0.39, 0.29) is 11.2 Å². The van der Waals surface area contributed by atoms with Crippen LogP contribution in [0.1, 0.15) is 78.3 Å². The van der Waals surface area contributed by atoms with Gasteiger partial charge < -0.3 is 4.74 Å². The smallest absolute Gasteiger partial charge is 0.167 e. The lowest BCUT2D eigenvalue weighted by Gasteiger charge is -2.19. The molecule has 1 aliphatic carbocycles. The number of ketones is 1. The van der Waals surface area contributed by atoms with Gasteiger partial charge in [0, 0.05) is 23.7 Å². The molecule has 0 fully saturated rings. The van der Waals surface area contributed by atoms with Crippen LogP contribution in [-0.2, 0) is 31.3 Å². The maximum absolute atomic E-state index is 13.2. The molecule has 0 spiro atoms. The van der Waals surface area contributed by atoms with Crippen LogP contribution in [0.25, 0.3) is 0 Å². The van der Waals surface area contributed by atoms with E-state index in [1.54, 1.807) is 6.20 Å². The van der Waals surface area contributed by atoms with Gasteiger partial charge in [-0.25, -0.2) is 0 Å². The molecule has 0 amide bonds. The highest BCUT2D eigenvalue weighted by Gasteiger charge is 2.18. The number of nitrogens with zero attached hydrogens (tertiary/aromatic N) is 1. The Kier molecular flexibility index (Phi) is 6.74. The van der Waals surface area contributed by atoms with Crippen molar-refractivity contribution < 1.29 is 9.53 Å². The van der Waals surface area contributed by atoms with Crippen LogP contribution in [0.4, 0.5) is 0 Å². The fourth-order valence-corrected chi connectivity index (χ4v) is 4.33. The summed E-state index contributed by atoms with van der Waals surface area (Å²) in [6, 6.07) is 18.3. The number of pyridine rings is 1. The predicted octanol–water partition coefficient (Wildman–Crippen LogP) is 6.65. The van der Waals surface area contributed by atoms with E-state index >= 15 is 0 Å². The Morgan fingerprint density at radius 3 is 2.31 bits per heavy atom. The van der Waals surface area contributed by atoms with E-state index in [1.807, 2.05) is 30.3 Å². The fraction of sp³-hybridized carbons (Fsp3) is 0.379. The highest BCUT2D eigenvalue weighted by molar-refractivity contribution is 5.97. The molecule has 0 unspecified atom stereocenters. The van der Waals surface area contributed by atoms with Crippen LogP contribution < -0.4 is 4.74 Å². The fourth-order valence-electron chi connectivity index (χ4n) is 4.33. The van der Waals surface area contributed by atoms with Crippen LogP contribution in [0.5, 0.6) is 5.75 Å². The minimum atomic E-state index is 0.0745. The Morgan fingerprint density at radius 1 is 0.938 bits per heavy atom. The summed E-state index contributed by atoms with van der Waals surface area (Å²) in [5, 5.41) is 0. The van der Waals surface area contributed by atoms with E-state index in [1.165, 1.54) is 36.0 Å². The SMILES string of the molecule is CC(C)(C)c1ccc(C(=O)Cc2cc3c(cc2OCc2ccccn2)CCCCC3)cc1. The summed E-state index contributed by atoms with van der Waals surface area (Å²) in [5.74, 6) is 0.942. The third-order valence-corrected chi connectivity index (χ3v) is 6.30. The first-order chi connectivity index (χ1) is 15.4. The van der Waals surface area contributed by atoms with Crippen LogP contribution >= 0.6 is 0 Å². The summed E-state index contributed by atoms with van der Waals surface area (Å²) in [6.45, 7) is 6.96. The maximum Gasteiger partial charge on any atom is 0.167 e. The van der Waals surface area contributed by atoms with Crippen molar-refractivity contribution in [1.29, 1.82) is 0 Å². The van der Waals surface area contributed by atoms with Gasteiger partial charge in [-0.1, -0.05) is 63.6 Å². The van der Waals surface area contributed by atoms with Crippen LogP contribution in [0.2, 0.25) is 0 Å². The lowest BCUT2D eigenvalue weighted by Crippen LogP contribution is -2.12. The maximum atomic E-state index is 13.2. The van der Waals surface area contributed by atoms with Crippen molar-refractivity contribution in [2.45, 2.75) is 71.3 Å². The Morgan fingerprint density at radius 2 is 1.66 bits per heavy atom. The minimum Gasteiger partial charge on any atom is -0.487 e. The molecule has 1 aromatic heterocycles. The number of carbonyl (C=O) groups is 1. The first-order valence-electron chi connectivity index (χ1n) is 11.7. The van der Waals surface area contributed by atoms with Gasteiger partial charge in [0.15, 0.2) is 5.78 Å². The van der Waals surface area contributed by atoms with Crippen LogP contribution in [0.3, 0.4) is 0 Å². The van der Waals surface area contributed by atoms with E-state index in [0.29, 0.717) is 13.0 Å². The molecule has 3 aromatic rings. The minimum absolute atomic E-state index is 0.0745. The van der Waals surface area contributed by atoms with E-state index in [4.69, 9.17) is 4.74 Å². The van der Waals surface area contributed by atoms with Crippen molar-refractivity contribution in [1.82, 2.24) is 4.98 Å². The van der Waals surface area contributed by atoms with Gasteiger partial charge in [-0.3, -0.25) is 9.78 Å².